The van der Waals surface area contributed by atoms with Crippen molar-refractivity contribution in [3.05, 3.63) is 58.7 Å². The van der Waals surface area contributed by atoms with Gasteiger partial charge in [0.2, 0.25) is 3.79 Å². The maximum absolute atomic E-state index is 6.42. The van der Waals surface area contributed by atoms with Crippen molar-refractivity contribution in [3.8, 4) is 0 Å². The highest BCUT2D eigenvalue weighted by Gasteiger charge is 2.45. The first-order chi connectivity index (χ1) is 11.7. The molecule has 2 aromatic carbocycles. The molecule has 3 rings (SSSR count). The van der Waals surface area contributed by atoms with Gasteiger partial charge in [-0.15, -0.1) is 0 Å². The van der Waals surface area contributed by atoms with Crippen molar-refractivity contribution in [1.82, 2.24) is 0 Å². The van der Waals surface area contributed by atoms with Crippen molar-refractivity contribution in [2.24, 2.45) is 0 Å². The predicted octanol–water partition coefficient (Wildman–Crippen LogP) is 5.94. The summed E-state index contributed by atoms with van der Waals surface area (Å²) in [6.07, 6.45) is -0.346. The molecule has 0 spiro atoms. The number of aryl methyl sites for hydroxylation is 4. The van der Waals surface area contributed by atoms with E-state index in [1.165, 1.54) is 22.3 Å². The lowest BCUT2D eigenvalue weighted by molar-refractivity contribution is 0.681. The van der Waals surface area contributed by atoms with Crippen LogP contribution in [-0.4, -0.2) is 23.0 Å². The summed E-state index contributed by atoms with van der Waals surface area (Å²) < 4.78 is -1.42. The Hall–Kier alpha value is -1.09. The van der Waals surface area contributed by atoms with Gasteiger partial charge in [-0.25, -0.2) is 0 Å². The molecule has 0 aromatic heterocycles. The molecule has 0 N–H and O–H groups in total. The molecule has 1 aliphatic heterocycles. The largest absolute Gasteiger partial charge is 0.346 e. The van der Waals surface area contributed by atoms with Gasteiger partial charge < -0.3 is 9.80 Å². The summed E-state index contributed by atoms with van der Waals surface area (Å²) in [7, 11) is 0. The van der Waals surface area contributed by atoms with Crippen LogP contribution in [0.5, 0.6) is 0 Å². The number of hydrogen-bond acceptors (Lipinski definition) is 2. The van der Waals surface area contributed by atoms with E-state index >= 15 is 0 Å². The van der Waals surface area contributed by atoms with Crippen molar-refractivity contribution < 1.29 is 0 Å². The Labute approximate surface area is 165 Å². The summed E-state index contributed by atoms with van der Waals surface area (Å²) in [6.45, 7) is 10.1. The zero-order chi connectivity index (χ0) is 18.4. The van der Waals surface area contributed by atoms with Crippen molar-refractivity contribution >= 4 is 46.2 Å². The van der Waals surface area contributed by atoms with Crippen LogP contribution in [-0.2, 0) is 0 Å². The fourth-order valence-corrected chi connectivity index (χ4v) is 4.04. The molecular formula is C20H23Cl3N2. The molecule has 1 heterocycles. The molecule has 1 aliphatic rings. The lowest BCUT2D eigenvalue weighted by Crippen LogP contribution is -2.48. The smallest absolute Gasteiger partial charge is 0.228 e. The van der Waals surface area contributed by atoms with Gasteiger partial charge in [0.25, 0.3) is 0 Å². The van der Waals surface area contributed by atoms with Crippen molar-refractivity contribution in [3.63, 3.8) is 0 Å². The second kappa shape index (κ2) is 6.90. The molecule has 0 amide bonds. The number of halogens is 3. The Kier molecular flexibility index (Phi) is 5.16. The van der Waals surface area contributed by atoms with Gasteiger partial charge in [0.05, 0.1) is 0 Å². The summed E-state index contributed by atoms with van der Waals surface area (Å²) in [5.41, 5.74) is 7.19. The highest BCUT2D eigenvalue weighted by atomic mass is 35.6. The molecule has 0 saturated carbocycles. The van der Waals surface area contributed by atoms with Crippen LogP contribution in [0, 0.1) is 27.7 Å². The summed E-state index contributed by atoms with van der Waals surface area (Å²) in [6, 6.07) is 12.8. The average Bonchev–Trinajstić information content (AvgIpc) is 2.98. The average molecular weight is 398 g/mol. The molecule has 0 unspecified atom stereocenters. The second-order valence-corrected chi connectivity index (χ2v) is 9.21. The van der Waals surface area contributed by atoms with E-state index in [-0.39, 0.29) is 6.17 Å². The Bertz CT molecular complexity index is 723. The number of nitrogens with zero attached hydrogens (tertiary/aromatic N) is 2. The zero-order valence-electron chi connectivity index (χ0n) is 15.0. The maximum atomic E-state index is 6.42. The molecule has 0 atom stereocenters. The van der Waals surface area contributed by atoms with E-state index in [9.17, 15) is 0 Å². The fourth-order valence-electron chi connectivity index (χ4n) is 3.33. The molecule has 25 heavy (non-hydrogen) atoms. The number of alkyl halides is 3. The van der Waals surface area contributed by atoms with E-state index in [0.717, 1.165) is 24.5 Å². The molecule has 1 saturated heterocycles. The van der Waals surface area contributed by atoms with Gasteiger partial charge in [0, 0.05) is 24.5 Å². The first-order valence-corrected chi connectivity index (χ1v) is 9.56. The Balaban J connectivity index is 2.01. The number of rotatable bonds is 2. The van der Waals surface area contributed by atoms with E-state index in [2.05, 4.69) is 73.9 Å². The molecule has 134 valence electrons. The van der Waals surface area contributed by atoms with E-state index in [4.69, 9.17) is 34.8 Å². The summed E-state index contributed by atoms with van der Waals surface area (Å²) in [5, 5.41) is 0. The summed E-state index contributed by atoms with van der Waals surface area (Å²) >= 11 is 19.3. The van der Waals surface area contributed by atoms with Gasteiger partial charge in [-0.3, -0.25) is 0 Å². The van der Waals surface area contributed by atoms with Crippen LogP contribution >= 0.6 is 34.8 Å². The Morgan fingerprint density at radius 3 is 1.44 bits per heavy atom. The normalized spacial score (nSPS) is 16.0. The quantitative estimate of drug-likeness (QED) is 0.578. The van der Waals surface area contributed by atoms with E-state index in [1.54, 1.807) is 0 Å². The third kappa shape index (κ3) is 3.72. The van der Waals surface area contributed by atoms with Crippen molar-refractivity contribution in [2.45, 2.75) is 37.7 Å². The van der Waals surface area contributed by atoms with Crippen LogP contribution in [0.3, 0.4) is 0 Å². The summed E-state index contributed by atoms with van der Waals surface area (Å²) in [5.74, 6) is 0. The molecular weight excluding hydrogens is 375 g/mol. The third-order valence-electron chi connectivity index (χ3n) is 5.11. The highest BCUT2D eigenvalue weighted by Crippen LogP contribution is 2.42. The molecule has 2 nitrogen and oxygen atoms in total. The molecule has 0 bridgehead atoms. The zero-order valence-corrected chi connectivity index (χ0v) is 17.3. The highest BCUT2D eigenvalue weighted by molar-refractivity contribution is 6.68. The first kappa shape index (κ1) is 18.7. The van der Waals surface area contributed by atoms with Gasteiger partial charge in [-0.05, 0) is 74.2 Å². The van der Waals surface area contributed by atoms with Gasteiger partial charge in [0.1, 0.15) is 0 Å². The van der Waals surface area contributed by atoms with Gasteiger partial charge in [-0.1, -0.05) is 46.9 Å². The van der Waals surface area contributed by atoms with Crippen LogP contribution in [0.25, 0.3) is 0 Å². The van der Waals surface area contributed by atoms with E-state index in [0.29, 0.717) is 0 Å². The van der Waals surface area contributed by atoms with Crippen LogP contribution in [0.4, 0.5) is 11.4 Å². The van der Waals surface area contributed by atoms with Crippen molar-refractivity contribution in [1.29, 1.82) is 0 Å². The van der Waals surface area contributed by atoms with Gasteiger partial charge in [-0.2, -0.15) is 0 Å². The van der Waals surface area contributed by atoms with Gasteiger partial charge >= 0.3 is 0 Å². The Morgan fingerprint density at radius 1 is 0.720 bits per heavy atom. The molecule has 0 radical (unpaired) electrons. The summed E-state index contributed by atoms with van der Waals surface area (Å²) in [4.78, 5) is 4.38. The molecule has 5 heteroatoms. The van der Waals surface area contributed by atoms with Crippen LogP contribution < -0.4 is 9.80 Å². The minimum atomic E-state index is -1.42. The molecule has 1 fully saturated rings. The fraction of sp³-hybridized carbons (Fsp3) is 0.400. The second-order valence-electron chi connectivity index (χ2n) is 6.84. The SMILES string of the molecule is Cc1ccc(N2CCN(c3ccc(C)c(C)c3)C2C(Cl)(Cl)Cl)cc1C. The van der Waals surface area contributed by atoms with Crippen LogP contribution in [0.15, 0.2) is 36.4 Å². The van der Waals surface area contributed by atoms with Gasteiger partial charge in [0.15, 0.2) is 6.17 Å². The first-order valence-electron chi connectivity index (χ1n) is 8.43. The number of anilines is 2. The molecule has 2 aromatic rings. The lowest BCUT2D eigenvalue weighted by Gasteiger charge is -2.37. The number of hydrogen-bond donors (Lipinski definition) is 0. The minimum absolute atomic E-state index is 0.346. The van der Waals surface area contributed by atoms with Crippen LogP contribution in [0.1, 0.15) is 22.3 Å². The topological polar surface area (TPSA) is 6.48 Å². The number of benzene rings is 2. The third-order valence-corrected chi connectivity index (χ3v) is 5.69. The van der Waals surface area contributed by atoms with E-state index in [1.807, 2.05) is 0 Å². The maximum Gasteiger partial charge on any atom is 0.228 e. The monoisotopic (exact) mass is 396 g/mol. The lowest BCUT2D eigenvalue weighted by atomic mass is 10.1. The minimum Gasteiger partial charge on any atom is -0.346 e. The molecule has 0 aliphatic carbocycles. The Morgan fingerprint density at radius 2 is 1.12 bits per heavy atom. The predicted molar refractivity (Wildman–Crippen MR) is 111 cm³/mol. The van der Waals surface area contributed by atoms with E-state index < -0.39 is 3.79 Å². The standard InChI is InChI=1S/C20H23Cl3N2/c1-13-5-7-17(11-15(13)3)24-9-10-25(19(24)20(21,22)23)18-8-6-14(2)16(4)12-18/h5-8,11-12,19H,9-10H2,1-4H3. The van der Waals surface area contributed by atoms with Crippen molar-refractivity contribution in [2.75, 3.05) is 22.9 Å². The van der Waals surface area contributed by atoms with Crippen LogP contribution in [0.2, 0.25) is 0 Å².